The van der Waals surface area contributed by atoms with Crippen LogP contribution in [-0.4, -0.2) is 36.1 Å². The van der Waals surface area contributed by atoms with Gasteiger partial charge in [0.2, 0.25) is 0 Å². The number of hydrogen-bond acceptors (Lipinski definition) is 2. The molecule has 21 heavy (non-hydrogen) atoms. The van der Waals surface area contributed by atoms with Crippen LogP contribution in [0.1, 0.15) is 54.4 Å². The maximum atomic E-state index is 11.2. The van der Waals surface area contributed by atoms with Crippen LogP contribution in [0.25, 0.3) is 0 Å². The molecule has 116 valence electrons. The van der Waals surface area contributed by atoms with E-state index in [4.69, 9.17) is 0 Å². The van der Waals surface area contributed by atoms with Gasteiger partial charge in [-0.25, -0.2) is 4.79 Å². The average molecular weight is 289 g/mol. The van der Waals surface area contributed by atoms with Crippen LogP contribution in [0.5, 0.6) is 0 Å². The quantitative estimate of drug-likeness (QED) is 0.829. The van der Waals surface area contributed by atoms with Gasteiger partial charge in [-0.2, -0.15) is 0 Å². The number of likely N-dealkylation sites (N-methyl/N-ethyl adjacent to an activating group) is 1. The lowest BCUT2D eigenvalue weighted by molar-refractivity contribution is 0.0695. The molecular formula is C18H27NO2. The molecule has 0 saturated heterocycles. The topological polar surface area (TPSA) is 40.5 Å². The first-order valence-electron chi connectivity index (χ1n) is 8.16. The number of carbonyl (C=O) groups is 1. The second-order valence-corrected chi connectivity index (χ2v) is 6.31. The molecular weight excluding hydrogens is 262 g/mol. The first-order valence-corrected chi connectivity index (χ1v) is 8.16. The van der Waals surface area contributed by atoms with Crippen molar-refractivity contribution in [1.29, 1.82) is 0 Å². The van der Waals surface area contributed by atoms with Gasteiger partial charge in [-0.1, -0.05) is 50.3 Å². The Morgan fingerprint density at radius 3 is 2.62 bits per heavy atom. The van der Waals surface area contributed by atoms with Gasteiger partial charge in [0.05, 0.1) is 5.56 Å². The normalized spacial score (nSPS) is 16.3. The molecule has 2 rings (SSSR count). The molecule has 0 aliphatic heterocycles. The van der Waals surface area contributed by atoms with Crippen molar-refractivity contribution in [3.63, 3.8) is 0 Å². The van der Waals surface area contributed by atoms with Crippen LogP contribution in [0.2, 0.25) is 0 Å². The third kappa shape index (κ3) is 5.16. The van der Waals surface area contributed by atoms with E-state index in [0.717, 1.165) is 31.0 Å². The number of benzene rings is 1. The van der Waals surface area contributed by atoms with Crippen molar-refractivity contribution in [3.8, 4) is 0 Å². The van der Waals surface area contributed by atoms with Gasteiger partial charge < -0.3 is 10.0 Å². The van der Waals surface area contributed by atoms with Crippen molar-refractivity contribution < 1.29 is 9.90 Å². The van der Waals surface area contributed by atoms with Gasteiger partial charge in [0.1, 0.15) is 0 Å². The predicted octanol–water partition coefficient (Wildman–Crippen LogP) is 3.83. The second kappa shape index (κ2) is 8.18. The van der Waals surface area contributed by atoms with E-state index < -0.39 is 5.97 Å². The first-order chi connectivity index (χ1) is 10.2. The first kappa shape index (κ1) is 16.0. The van der Waals surface area contributed by atoms with E-state index in [0.29, 0.717) is 5.56 Å². The van der Waals surface area contributed by atoms with Crippen LogP contribution in [0.15, 0.2) is 24.3 Å². The van der Waals surface area contributed by atoms with Crippen LogP contribution in [-0.2, 0) is 6.42 Å². The molecule has 0 spiro atoms. The third-order valence-corrected chi connectivity index (χ3v) is 4.65. The molecule has 1 fully saturated rings. The highest BCUT2D eigenvalue weighted by Gasteiger charge is 2.14. The molecule has 0 amide bonds. The van der Waals surface area contributed by atoms with E-state index in [1.165, 1.54) is 38.5 Å². The van der Waals surface area contributed by atoms with Gasteiger partial charge in [0, 0.05) is 6.54 Å². The summed E-state index contributed by atoms with van der Waals surface area (Å²) in [5.41, 5.74) is 1.38. The molecule has 1 aliphatic carbocycles. The number of nitrogens with zero attached hydrogens (tertiary/aromatic N) is 1. The zero-order valence-corrected chi connectivity index (χ0v) is 13.1. The number of carboxylic acids is 1. The van der Waals surface area contributed by atoms with Crippen LogP contribution in [0.3, 0.4) is 0 Å². The van der Waals surface area contributed by atoms with Crippen LogP contribution < -0.4 is 0 Å². The monoisotopic (exact) mass is 289 g/mol. The van der Waals surface area contributed by atoms with E-state index in [-0.39, 0.29) is 0 Å². The average Bonchev–Trinajstić information content (AvgIpc) is 2.52. The minimum absolute atomic E-state index is 0.443. The lowest BCUT2D eigenvalue weighted by Gasteiger charge is -2.24. The lowest BCUT2D eigenvalue weighted by atomic mass is 9.87. The minimum Gasteiger partial charge on any atom is -0.478 e. The van der Waals surface area contributed by atoms with Crippen molar-refractivity contribution >= 4 is 5.97 Å². The summed E-state index contributed by atoms with van der Waals surface area (Å²) in [4.78, 5) is 13.5. The Hall–Kier alpha value is -1.35. The minimum atomic E-state index is -0.824. The van der Waals surface area contributed by atoms with Crippen molar-refractivity contribution in [2.45, 2.75) is 44.9 Å². The molecule has 3 nitrogen and oxygen atoms in total. The maximum absolute atomic E-state index is 11.2. The standard InChI is InChI=1S/C18H27NO2/c1-19(13-11-15-7-3-2-4-8-15)14-12-16-9-5-6-10-17(16)18(20)21/h5-6,9-10,15H,2-4,7-8,11-14H2,1H3,(H,20,21). The summed E-state index contributed by atoms with van der Waals surface area (Å²) < 4.78 is 0. The largest absolute Gasteiger partial charge is 0.478 e. The molecule has 1 N–H and O–H groups in total. The van der Waals surface area contributed by atoms with E-state index in [9.17, 15) is 9.90 Å². The van der Waals surface area contributed by atoms with Crippen molar-refractivity contribution in [1.82, 2.24) is 4.90 Å². The molecule has 1 aromatic carbocycles. The molecule has 0 radical (unpaired) electrons. The van der Waals surface area contributed by atoms with Crippen LogP contribution in [0, 0.1) is 5.92 Å². The highest BCUT2D eigenvalue weighted by Crippen LogP contribution is 2.26. The lowest BCUT2D eigenvalue weighted by Crippen LogP contribution is -2.25. The van der Waals surface area contributed by atoms with Gasteiger partial charge in [-0.3, -0.25) is 0 Å². The van der Waals surface area contributed by atoms with Crippen molar-refractivity contribution in [2.24, 2.45) is 5.92 Å². The maximum Gasteiger partial charge on any atom is 0.335 e. The Bertz CT molecular complexity index is 452. The zero-order chi connectivity index (χ0) is 15.1. The van der Waals surface area contributed by atoms with Gasteiger partial charge in [0.25, 0.3) is 0 Å². The van der Waals surface area contributed by atoms with E-state index in [1.807, 2.05) is 12.1 Å². The van der Waals surface area contributed by atoms with Gasteiger partial charge in [-0.05, 0) is 44.0 Å². The summed E-state index contributed by atoms with van der Waals surface area (Å²) in [6.07, 6.45) is 9.12. The fraction of sp³-hybridized carbons (Fsp3) is 0.611. The predicted molar refractivity (Wildman–Crippen MR) is 85.8 cm³/mol. The van der Waals surface area contributed by atoms with Crippen molar-refractivity contribution in [3.05, 3.63) is 35.4 Å². The Kier molecular flexibility index (Phi) is 6.24. The zero-order valence-electron chi connectivity index (χ0n) is 13.1. The third-order valence-electron chi connectivity index (χ3n) is 4.65. The van der Waals surface area contributed by atoms with Crippen molar-refractivity contribution in [2.75, 3.05) is 20.1 Å². The summed E-state index contributed by atoms with van der Waals surface area (Å²) in [7, 11) is 2.15. The van der Waals surface area contributed by atoms with Gasteiger partial charge in [-0.15, -0.1) is 0 Å². The summed E-state index contributed by atoms with van der Waals surface area (Å²) in [6.45, 7) is 2.05. The van der Waals surface area contributed by atoms with Crippen LogP contribution >= 0.6 is 0 Å². The van der Waals surface area contributed by atoms with Crippen LogP contribution in [0.4, 0.5) is 0 Å². The smallest absolute Gasteiger partial charge is 0.335 e. The molecule has 1 aliphatic rings. The number of rotatable bonds is 7. The number of hydrogen-bond donors (Lipinski definition) is 1. The number of carboxylic acid groups (broad SMARTS) is 1. The molecule has 1 saturated carbocycles. The Morgan fingerprint density at radius 1 is 1.19 bits per heavy atom. The fourth-order valence-corrected chi connectivity index (χ4v) is 3.25. The van der Waals surface area contributed by atoms with Gasteiger partial charge in [0.15, 0.2) is 0 Å². The van der Waals surface area contributed by atoms with Gasteiger partial charge >= 0.3 is 5.97 Å². The Balaban J connectivity index is 1.75. The molecule has 0 atom stereocenters. The van der Waals surface area contributed by atoms with E-state index >= 15 is 0 Å². The highest BCUT2D eigenvalue weighted by atomic mass is 16.4. The SMILES string of the molecule is CN(CCc1ccccc1C(=O)O)CCC1CCCCC1. The fourth-order valence-electron chi connectivity index (χ4n) is 3.25. The molecule has 1 aromatic rings. The molecule has 3 heteroatoms. The summed E-state index contributed by atoms with van der Waals surface area (Å²) in [5, 5.41) is 9.19. The Morgan fingerprint density at radius 2 is 1.90 bits per heavy atom. The molecule has 0 bridgehead atoms. The number of aromatic carboxylic acids is 1. The molecule has 0 unspecified atom stereocenters. The summed E-state index contributed by atoms with van der Waals surface area (Å²) in [5.74, 6) is 0.0861. The highest BCUT2D eigenvalue weighted by molar-refractivity contribution is 5.89. The van der Waals surface area contributed by atoms with E-state index in [1.54, 1.807) is 12.1 Å². The van der Waals surface area contributed by atoms with E-state index in [2.05, 4.69) is 11.9 Å². The summed E-state index contributed by atoms with van der Waals surface area (Å²) in [6, 6.07) is 7.33. The molecule has 0 heterocycles. The molecule has 0 aromatic heterocycles. The second-order valence-electron chi connectivity index (χ2n) is 6.31. The Labute approximate surface area is 128 Å². The summed E-state index contributed by atoms with van der Waals surface area (Å²) >= 11 is 0.